The predicted molar refractivity (Wildman–Crippen MR) is 88.4 cm³/mol. The fourth-order valence-corrected chi connectivity index (χ4v) is 2.27. The minimum Gasteiger partial charge on any atom is -0.465 e. The zero-order chi connectivity index (χ0) is 15.4. The average molecular weight is 349 g/mol. The van der Waals surface area contributed by atoms with E-state index >= 15 is 0 Å². The number of nitrogen functional groups attached to an aromatic ring is 1. The molecule has 3 N–H and O–H groups in total. The van der Waals surface area contributed by atoms with E-state index in [4.69, 9.17) is 5.73 Å². The highest BCUT2D eigenvalue weighted by molar-refractivity contribution is 9.10. The third-order valence-electron chi connectivity index (χ3n) is 3.21. The number of ether oxygens (including phenoxy) is 1. The summed E-state index contributed by atoms with van der Waals surface area (Å²) < 4.78 is 5.72. The van der Waals surface area contributed by atoms with E-state index in [0.29, 0.717) is 11.3 Å². The number of nitrogens with one attached hydrogen (secondary N) is 1. The van der Waals surface area contributed by atoms with E-state index < -0.39 is 5.97 Å². The van der Waals surface area contributed by atoms with Crippen molar-refractivity contribution in [1.29, 1.82) is 0 Å². The third-order valence-corrected chi connectivity index (χ3v) is 3.74. The molecule has 0 spiro atoms. The van der Waals surface area contributed by atoms with Gasteiger partial charge in [0.15, 0.2) is 0 Å². The molecular formula is C16H17BrN2O2. The molecule has 0 aliphatic rings. The highest BCUT2D eigenvalue weighted by atomic mass is 79.9. The molecule has 110 valence electrons. The Morgan fingerprint density at radius 2 is 1.90 bits per heavy atom. The Labute approximate surface area is 132 Å². The Hall–Kier alpha value is -2.01. The Morgan fingerprint density at radius 3 is 2.48 bits per heavy atom. The molecule has 0 aliphatic heterocycles. The van der Waals surface area contributed by atoms with Gasteiger partial charge in [0, 0.05) is 10.5 Å². The van der Waals surface area contributed by atoms with Crippen LogP contribution in [0.2, 0.25) is 0 Å². The number of benzene rings is 2. The van der Waals surface area contributed by atoms with Crippen molar-refractivity contribution in [2.24, 2.45) is 0 Å². The van der Waals surface area contributed by atoms with Crippen LogP contribution in [0.3, 0.4) is 0 Å². The van der Waals surface area contributed by atoms with E-state index in [1.54, 1.807) is 18.2 Å². The predicted octanol–water partition coefficient (Wildman–Crippen LogP) is 3.99. The van der Waals surface area contributed by atoms with Crippen LogP contribution in [0.5, 0.6) is 0 Å². The highest BCUT2D eigenvalue weighted by Gasteiger charge is 2.10. The van der Waals surface area contributed by atoms with Crippen molar-refractivity contribution in [3.63, 3.8) is 0 Å². The van der Waals surface area contributed by atoms with Gasteiger partial charge < -0.3 is 15.8 Å². The van der Waals surface area contributed by atoms with Crippen molar-refractivity contribution < 1.29 is 9.53 Å². The third kappa shape index (κ3) is 3.76. The van der Waals surface area contributed by atoms with Crippen molar-refractivity contribution in [2.75, 3.05) is 18.2 Å². The molecule has 2 aromatic rings. The van der Waals surface area contributed by atoms with Gasteiger partial charge in [-0.15, -0.1) is 0 Å². The molecule has 0 fully saturated rings. The van der Waals surface area contributed by atoms with Gasteiger partial charge in [-0.2, -0.15) is 0 Å². The molecule has 0 radical (unpaired) electrons. The second-order valence-electron chi connectivity index (χ2n) is 4.71. The Balaban J connectivity index is 2.15. The van der Waals surface area contributed by atoms with Crippen LogP contribution in [-0.4, -0.2) is 13.1 Å². The number of rotatable bonds is 4. The van der Waals surface area contributed by atoms with Crippen LogP contribution in [0.1, 0.15) is 28.9 Å². The van der Waals surface area contributed by atoms with Gasteiger partial charge in [0.25, 0.3) is 0 Å². The summed E-state index contributed by atoms with van der Waals surface area (Å²) in [5.74, 6) is -0.394. The molecule has 2 rings (SSSR count). The minimum absolute atomic E-state index is 0.101. The number of anilines is 2. The number of hydrogen-bond acceptors (Lipinski definition) is 4. The summed E-state index contributed by atoms with van der Waals surface area (Å²) in [4.78, 5) is 11.4. The van der Waals surface area contributed by atoms with Crippen molar-refractivity contribution in [3.05, 3.63) is 58.1 Å². The lowest BCUT2D eigenvalue weighted by atomic mass is 10.1. The standard InChI is InChI=1S/C16H17BrN2O2/c1-10(11-3-6-13(17)7-4-11)19-15-8-5-12(9-14(15)18)16(20)21-2/h3-10,19H,18H2,1-2H3. The lowest BCUT2D eigenvalue weighted by Crippen LogP contribution is -2.09. The summed E-state index contributed by atoms with van der Waals surface area (Å²) in [6.07, 6.45) is 0. The Morgan fingerprint density at radius 1 is 1.24 bits per heavy atom. The van der Waals surface area contributed by atoms with Crippen molar-refractivity contribution in [1.82, 2.24) is 0 Å². The summed E-state index contributed by atoms with van der Waals surface area (Å²) in [5, 5.41) is 3.34. The number of esters is 1. The van der Waals surface area contributed by atoms with Gasteiger partial charge in [-0.1, -0.05) is 28.1 Å². The summed E-state index contributed by atoms with van der Waals surface area (Å²) >= 11 is 3.42. The van der Waals surface area contributed by atoms with Gasteiger partial charge in [-0.05, 0) is 42.8 Å². The smallest absolute Gasteiger partial charge is 0.337 e. The molecule has 0 aliphatic carbocycles. The number of nitrogens with two attached hydrogens (primary N) is 1. The van der Waals surface area contributed by atoms with Gasteiger partial charge in [0.1, 0.15) is 0 Å². The molecule has 2 aromatic carbocycles. The minimum atomic E-state index is -0.394. The van der Waals surface area contributed by atoms with Crippen LogP contribution >= 0.6 is 15.9 Å². The summed E-state index contributed by atoms with van der Waals surface area (Å²) in [5.41, 5.74) is 8.88. The molecule has 0 saturated carbocycles. The molecule has 1 atom stereocenters. The summed E-state index contributed by atoms with van der Waals surface area (Å²) in [6.45, 7) is 2.05. The van der Waals surface area contributed by atoms with Gasteiger partial charge in [-0.3, -0.25) is 0 Å². The molecule has 5 heteroatoms. The first-order chi connectivity index (χ1) is 10.0. The first kappa shape index (κ1) is 15.4. The van der Waals surface area contributed by atoms with Gasteiger partial charge in [0.05, 0.1) is 24.0 Å². The number of hydrogen-bond donors (Lipinski definition) is 2. The number of methoxy groups -OCH3 is 1. The molecule has 0 bridgehead atoms. The molecule has 0 aromatic heterocycles. The van der Waals surface area contributed by atoms with E-state index in [2.05, 4.69) is 32.9 Å². The molecule has 4 nitrogen and oxygen atoms in total. The van der Waals surface area contributed by atoms with Crippen molar-refractivity contribution >= 4 is 33.3 Å². The number of carbonyl (C=O) groups excluding carboxylic acids is 1. The highest BCUT2D eigenvalue weighted by Crippen LogP contribution is 2.26. The fourth-order valence-electron chi connectivity index (χ4n) is 2.01. The maximum absolute atomic E-state index is 11.4. The molecular weight excluding hydrogens is 332 g/mol. The van der Waals surface area contributed by atoms with E-state index in [-0.39, 0.29) is 6.04 Å². The molecule has 0 heterocycles. The maximum Gasteiger partial charge on any atom is 0.337 e. The van der Waals surface area contributed by atoms with E-state index in [9.17, 15) is 4.79 Å². The van der Waals surface area contributed by atoms with Gasteiger partial charge >= 0.3 is 5.97 Å². The molecule has 0 amide bonds. The first-order valence-electron chi connectivity index (χ1n) is 6.51. The van der Waals surface area contributed by atoms with Gasteiger partial charge in [0.2, 0.25) is 0 Å². The topological polar surface area (TPSA) is 64.3 Å². The fraction of sp³-hybridized carbons (Fsp3) is 0.188. The zero-order valence-electron chi connectivity index (χ0n) is 11.9. The molecule has 1 unspecified atom stereocenters. The van der Waals surface area contributed by atoms with Crippen molar-refractivity contribution in [2.45, 2.75) is 13.0 Å². The molecule has 0 saturated heterocycles. The lowest BCUT2D eigenvalue weighted by Gasteiger charge is -2.17. The van der Waals surface area contributed by atoms with Crippen LogP contribution in [-0.2, 0) is 4.74 Å². The van der Waals surface area contributed by atoms with Crippen LogP contribution in [0.25, 0.3) is 0 Å². The number of halogens is 1. The largest absolute Gasteiger partial charge is 0.465 e. The first-order valence-corrected chi connectivity index (χ1v) is 7.30. The van der Waals surface area contributed by atoms with Gasteiger partial charge in [-0.25, -0.2) is 4.79 Å². The van der Waals surface area contributed by atoms with Crippen LogP contribution < -0.4 is 11.1 Å². The summed E-state index contributed by atoms with van der Waals surface area (Å²) in [7, 11) is 1.35. The van der Waals surface area contributed by atoms with E-state index in [0.717, 1.165) is 15.7 Å². The normalized spacial score (nSPS) is 11.8. The zero-order valence-corrected chi connectivity index (χ0v) is 13.5. The van der Waals surface area contributed by atoms with Crippen LogP contribution in [0.4, 0.5) is 11.4 Å². The Kier molecular flexibility index (Phi) is 4.85. The second-order valence-corrected chi connectivity index (χ2v) is 5.63. The van der Waals surface area contributed by atoms with Crippen LogP contribution in [0.15, 0.2) is 46.9 Å². The monoisotopic (exact) mass is 348 g/mol. The van der Waals surface area contributed by atoms with E-state index in [1.807, 2.05) is 24.3 Å². The van der Waals surface area contributed by atoms with E-state index in [1.165, 1.54) is 7.11 Å². The Bertz CT molecular complexity index is 641. The average Bonchev–Trinajstić information content (AvgIpc) is 2.49. The van der Waals surface area contributed by atoms with Crippen molar-refractivity contribution in [3.8, 4) is 0 Å². The summed E-state index contributed by atoms with van der Waals surface area (Å²) in [6, 6.07) is 13.3. The quantitative estimate of drug-likeness (QED) is 0.647. The second kappa shape index (κ2) is 6.63. The van der Waals surface area contributed by atoms with Crippen LogP contribution in [0, 0.1) is 0 Å². The SMILES string of the molecule is COC(=O)c1ccc(NC(C)c2ccc(Br)cc2)c(N)c1. The molecule has 21 heavy (non-hydrogen) atoms. The lowest BCUT2D eigenvalue weighted by molar-refractivity contribution is 0.0601. The number of carbonyl (C=O) groups is 1. The maximum atomic E-state index is 11.4.